The van der Waals surface area contributed by atoms with E-state index in [0.717, 1.165) is 24.6 Å². The lowest BCUT2D eigenvalue weighted by atomic mass is 9.89. The van der Waals surface area contributed by atoms with Crippen molar-refractivity contribution >= 4 is 27.8 Å². The van der Waals surface area contributed by atoms with E-state index in [1.165, 1.54) is 12.2 Å². The number of alkyl halides is 1. The topological polar surface area (TPSA) is 55.8 Å². The van der Waals surface area contributed by atoms with Gasteiger partial charge in [0.2, 0.25) is 5.91 Å². The fraction of sp³-hybridized carbons (Fsp3) is 0.833. The molecule has 1 amide bonds. The van der Waals surface area contributed by atoms with Gasteiger partial charge in [0.1, 0.15) is 6.10 Å². The van der Waals surface area contributed by atoms with Gasteiger partial charge in [-0.05, 0) is 19.3 Å². The number of carbonyl (C=O) groups is 2. The largest absolute Gasteiger partial charge is 0.462 e. The third kappa shape index (κ3) is 2.69. The molecule has 6 heteroatoms. The molecule has 2 fully saturated rings. The van der Waals surface area contributed by atoms with Crippen molar-refractivity contribution in [2.24, 2.45) is 5.92 Å². The van der Waals surface area contributed by atoms with Crippen molar-refractivity contribution in [2.45, 2.75) is 44.2 Å². The van der Waals surface area contributed by atoms with Crippen molar-refractivity contribution in [3.63, 3.8) is 0 Å². The fourth-order valence-electron chi connectivity index (χ4n) is 2.87. The van der Waals surface area contributed by atoms with Gasteiger partial charge in [-0.25, -0.2) is 5.06 Å². The van der Waals surface area contributed by atoms with Crippen LogP contribution in [0.3, 0.4) is 0 Å². The van der Waals surface area contributed by atoms with Crippen molar-refractivity contribution in [3.05, 3.63) is 0 Å². The van der Waals surface area contributed by atoms with Crippen LogP contribution in [0.4, 0.5) is 0 Å². The molecule has 3 atom stereocenters. The number of carbonyl (C=O) groups excluding carboxylic acids is 2. The van der Waals surface area contributed by atoms with Crippen LogP contribution in [0.2, 0.25) is 0 Å². The maximum absolute atomic E-state index is 11.6. The predicted octanol–water partition coefficient (Wildman–Crippen LogP) is 1.65. The van der Waals surface area contributed by atoms with Gasteiger partial charge in [0.05, 0.1) is 19.6 Å². The van der Waals surface area contributed by atoms with Gasteiger partial charge in [0.25, 0.3) is 0 Å². The smallest absolute Gasteiger partial charge is 0.306 e. The molecule has 102 valence electrons. The van der Waals surface area contributed by atoms with Crippen LogP contribution in [0.5, 0.6) is 0 Å². The number of amides is 1. The molecular weight excluding hydrogens is 302 g/mol. The first-order chi connectivity index (χ1) is 8.67. The molecule has 0 aromatic rings. The van der Waals surface area contributed by atoms with E-state index in [2.05, 4.69) is 15.9 Å². The number of hydrogen-bond acceptors (Lipinski definition) is 4. The summed E-state index contributed by atoms with van der Waals surface area (Å²) in [6.45, 7) is 0. The number of hydroxylamine groups is 2. The highest BCUT2D eigenvalue weighted by Gasteiger charge is 2.46. The summed E-state index contributed by atoms with van der Waals surface area (Å²) in [6.07, 6.45) is 3.35. The maximum atomic E-state index is 11.6. The molecule has 18 heavy (non-hydrogen) atoms. The van der Waals surface area contributed by atoms with Crippen molar-refractivity contribution in [1.82, 2.24) is 5.06 Å². The molecular formula is C12H18BrNO4. The van der Waals surface area contributed by atoms with Crippen LogP contribution in [0, 0.1) is 5.92 Å². The zero-order valence-corrected chi connectivity index (χ0v) is 12.0. The van der Waals surface area contributed by atoms with Gasteiger partial charge < -0.3 is 4.74 Å². The molecule has 0 bridgehead atoms. The molecule has 2 heterocycles. The zero-order valence-electron chi connectivity index (χ0n) is 10.4. The maximum Gasteiger partial charge on any atom is 0.306 e. The summed E-state index contributed by atoms with van der Waals surface area (Å²) in [7, 11) is 1.50. The second-order valence-electron chi connectivity index (χ2n) is 4.74. The number of esters is 1. The number of hydrogen-bond donors (Lipinski definition) is 0. The zero-order chi connectivity index (χ0) is 13.1. The van der Waals surface area contributed by atoms with Gasteiger partial charge >= 0.3 is 5.97 Å². The number of halogens is 1. The van der Waals surface area contributed by atoms with Gasteiger partial charge in [-0.1, -0.05) is 15.9 Å². The number of nitrogens with zero attached hydrogens (tertiary/aromatic N) is 1. The Morgan fingerprint density at radius 2 is 2.28 bits per heavy atom. The minimum atomic E-state index is -0.157. The van der Waals surface area contributed by atoms with E-state index in [1.807, 2.05) is 0 Å². The lowest BCUT2D eigenvalue weighted by Crippen LogP contribution is -2.40. The molecule has 2 aliphatic heterocycles. The summed E-state index contributed by atoms with van der Waals surface area (Å²) >= 11 is 3.38. The number of rotatable bonds is 5. The quantitative estimate of drug-likeness (QED) is 0.571. The summed E-state index contributed by atoms with van der Waals surface area (Å²) in [5, 5.41) is 2.32. The summed E-state index contributed by atoms with van der Waals surface area (Å²) in [5.74, 6) is -0.0842. The first-order valence-electron chi connectivity index (χ1n) is 6.29. The molecule has 0 N–H and O–H groups in total. The summed E-state index contributed by atoms with van der Waals surface area (Å²) in [4.78, 5) is 28.3. The van der Waals surface area contributed by atoms with Crippen molar-refractivity contribution < 1.29 is 19.2 Å². The van der Waals surface area contributed by atoms with E-state index in [-0.39, 0.29) is 29.9 Å². The summed E-state index contributed by atoms with van der Waals surface area (Å²) in [6, 6.07) is -0.0192. The molecule has 0 aromatic heterocycles. The molecule has 0 saturated carbocycles. The summed E-state index contributed by atoms with van der Waals surface area (Å²) < 4.78 is 5.36. The number of ether oxygens (including phenoxy) is 1. The Bertz CT molecular complexity index is 336. The Morgan fingerprint density at radius 1 is 1.50 bits per heavy atom. The van der Waals surface area contributed by atoms with Crippen LogP contribution in [0.25, 0.3) is 0 Å². The SMILES string of the molecule is CON1C(=O)CC[C@H]1[C@H]1CC(=O)O[C@@H]1CCCBr. The predicted molar refractivity (Wildman–Crippen MR) is 67.9 cm³/mol. The highest BCUT2D eigenvalue weighted by Crippen LogP contribution is 2.36. The van der Waals surface area contributed by atoms with E-state index >= 15 is 0 Å². The van der Waals surface area contributed by atoms with Gasteiger partial charge in [0.15, 0.2) is 0 Å². The fourth-order valence-corrected chi connectivity index (χ4v) is 3.20. The first kappa shape index (κ1) is 13.8. The highest BCUT2D eigenvalue weighted by atomic mass is 79.9. The Morgan fingerprint density at radius 3 is 2.94 bits per heavy atom. The van der Waals surface area contributed by atoms with Gasteiger partial charge in [-0.15, -0.1) is 0 Å². The lowest BCUT2D eigenvalue weighted by Gasteiger charge is -2.29. The van der Waals surface area contributed by atoms with Crippen LogP contribution in [-0.2, 0) is 19.2 Å². The van der Waals surface area contributed by atoms with Crippen LogP contribution in [0.1, 0.15) is 32.1 Å². The molecule has 2 rings (SSSR count). The van der Waals surface area contributed by atoms with Crippen LogP contribution >= 0.6 is 15.9 Å². The van der Waals surface area contributed by atoms with E-state index in [0.29, 0.717) is 12.8 Å². The molecule has 5 nitrogen and oxygen atoms in total. The molecule has 0 aromatic carbocycles. The molecule has 2 aliphatic rings. The average molecular weight is 320 g/mol. The molecule has 0 radical (unpaired) electrons. The minimum Gasteiger partial charge on any atom is -0.462 e. The Balaban J connectivity index is 2.05. The van der Waals surface area contributed by atoms with Crippen LogP contribution in [-0.4, -0.2) is 41.5 Å². The standard InChI is InChI=1S/C12H18BrNO4/c1-17-14-9(4-5-11(14)15)8-7-12(16)18-10(8)3-2-6-13/h8-10H,2-7H2,1H3/t8-,9+,10-/m1/s1. The van der Waals surface area contributed by atoms with E-state index in [1.54, 1.807) is 0 Å². The van der Waals surface area contributed by atoms with Crippen molar-refractivity contribution in [3.8, 4) is 0 Å². The minimum absolute atomic E-state index is 0.00101. The molecule has 0 aliphatic carbocycles. The van der Waals surface area contributed by atoms with Crippen molar-refractivity contribution in [1.29, 1.82) is 0 Å². The van der Waals surface area contributed by atoms with E-state index in [4.69, 9.17) is 9.57 Å². The Hall–Kier alpha value is -0.620. The van der Waals surface area contributed by atoms with Gasteiger partial charge in [0, 0.05) is 17.7 Å². The van der Waals surface area contributed by atoms with Gasteiger partial charge in [-0.3, -0.25) is 14.4 Å². The number of cyclic esters (lactones) is 1. The monoisotopic (exact) mass is 319 g/mol. The Labute approximate surface area is 115 Å². The third-order valence-electron chi connectivity index (χ3n) is 3.68. The normalized spacial score (nSPS) is 32.1. The molecule has 0 unspecified atom stereocenters. The van der Waals surface area contributed by atoms with E-state index in [9.17, 15) is 9.59 Å². The Kier molecular flexibility index (Phi) is 4.61. The molecule has 2 saturated heterocycles. The highest BCUT2D eigenvalue weighted by molar-refractivity contribution is 9.09. The third-order valence-corrected chi connectivity index (χ3v) is 4.24. The second-order valence-corrected chi connectivity index (χ2v) is 5.53. The first-order valence-corrected chi connectivity index (χ1v) is 7.41. The lowest BCUT2D eigenvalue weighted by molar-refractivity contribution is -0.183. The van der Waals surface area contributed by atoms with Crippen molar-refractivity contribution in [2.75, 3.05) is 12.4 Å². The average Bonchev–Trinajstić information content (AvgIpc) is 2.89. The molecule has 0 spiro atoms. The van der Waals surface area contributed by atoms with Crippen LogP contribution in [0.15, 0.2) is 0 Å². The van der Waals surface area contributed by atoms with Gasteiger partial charge in [-0.2, -0.15) is 0 Å². The second kappa shape index (κ2) is 6.02. The summed E-state index contributed by atoms with van der Waals surface area (Å²) in [5.41, 5.74) is 0. The van der Waals surface area contributed by atoms with E-state index < -0.39 is 0 Å². The van der Waals surface area contributed by atoms with Crippen LogP contribution < -0.4 is 0 Å².